The Morgan fingerprint density at radius 2 is 1.66 bits per heavy atom. The van der Waals surface area contributed by atoms with Crippen molar-refractivity contribution in [1.82, 2.24) is 15.5 Å². The number of methoxy groups -OCH3 is 1. The predicted octanol–water partition coefficient (Wildman–Crippen LogP) is 4.54. The maximum absolute atomic E-state index is 13.3. The Labute approximate surface area is 169 Å². The summed E-state index contributed by atoms with van der Waals surface area (Å²) in [6.07, 6.45) is 0. The smallest absolute Gasteiger partial charge is 0.254 e. The predicted molar refractivity (Wildman–Crippen MR) is 114 cm³/mol. The quantitative estimate of drug-likeness (QED) is 0.549. The first kappa shape index (κ1) is 18.6. The summed E-state index contributed by atoms with van der Waals surface area (Å²) < 4.78 is 5.38. The van der Waals surface area contributed by atoms with Gasteiger partial charge >= 0.3 is 0 Å². The Morgan fingerprint density at radius 1 is 0.931 bits per heavy atom. The molecule has 5 nitrogen and oxygen atoms in total. The van der Waals surface area contributed by atoms with E-state index in [0.29, 0.717) is 23.3 Å². The molecule has 1 N–H and O–H groups in total. The van der Waals surface area contributed by atoms with E-state index in [1.807, 2.05) is 79.7 Å². The third-order valence-electron chi connectivity index (χ3n) is 4.85. The number of hydrogen-bond donors (Lipinski definition) is 1. The van der Waals surface area contributed by atoms with Crippen LogP contribution in [0.15, 0.2) is 72.8 Å². The van der Waals surface area contributed by atoms with Gasteiger partial charge in [-0.2, -0.15) is 0 Å². The molecule has 0 radical (unpaired) electrons. The molecule has 5 heteroatoms. The largest absolute Gasteiger partial charge is 0.496 e. The van der Waals surface area contributed by atoms with Crippen molar-refractivity contribution in [2.24, 2.45) is 0 Å². The van der Waals surface area contributed by atoms with Gasteiger partial charge in [-0.05, 0) is 19.1 Å². The maximum Gasteiger partial charge on any atom is 0.254 e. The average molecular weight is 383 g/mol. The van der Waals surface area contributed by atoms with Crippen molar-refractivity contribution >= 4 is 16.8 Å². The monoisotopic (exact) mass is 383 g/mol. The molecule has 0 aliphatic heterocycles. The summed E-state index contributed by atoms with van der Waals surface area (Å²) in [6.45, 7) is 2.38. The molecular weight excluding hydrogens is 362 g/mol. The molecule has 0 spiro atoms. The molecule has 0 atom stereocenters. The van der Waals surface area contributed by atoms with E-state index in [1.54, 1.807) is 7.11 Å². The lowest BCUT2D eigenvalue weighted by atomic mass is 10.0. The number of carbonyl (C=O) groups is 1. The fourth-order valence-corrected chi connectivity index (χ4v) is 3.31. The standard InChI is InChI=1S/C24H21N3O2/c1-16-11-13-17(14-12-16)23-22(19-8-4-5-9-20(19)26-27-23)24(28)25-15-18-7-3-6-10-21(18)29-2/h3-14H,15H2,1-2H3,(H,25,28). The Morgan fingerprint density at radius 3 is 2.45 bits per heavy atom. The summed E-state index contributed by atoms with van der Waals surface area (Å²) in [6, 6.07) is 23.1. The van der Waals surface area contributed by atoms with Crippen molar-refractivity contribution in [2.45, 2.75) is 13.5 Å². The molecular formula is C24H21N3O2. The van der Waals surface area contributed by atoms with Crippen LogP contribution < -0.4 is 10.1 Å². The van der Waals surface area contributed by atoms with Gasteiger partial charge in [0, 0.05) is 23.1 Å². The molecule has 0 saturated carbocycles. The van der Waals surface area contributed by atoms with Crippen molar-refractivity contribution in [3.8, 4) is 17.0 Å². The normalized spacial score (nSPS) is 10.7. The summed E-state index contributed by atoms with van der Waals surface area (Å²) in [7, 11) is 1.62. The van der Waals surface area contributed by atoms with Crippen LogP contribution in [-0.4, -0.2) is 23.2 Å². The summed E-state index contributed by atoms with van der Waals surface area (Å²) in [5.41, 5.74) is 4.69. The average Bonchev–Trinajstić information content (AvgIpc) is 2.77. The van der Waals surface area contributed by atoms with Crippen LogP contribution in [0.5, 0.6) is 5.75 Å². The van der Waals surface area contributed by atoms with Crippen molar-refractivity contribution in [1.29, 1.82) is 0 Å². The molecule has 0 bridgehead atoms. The van der Waals surface area contributed by atoms with Crippen LogP contribution in [0.3, 0.4) is 0 Å². The summed E-state index contributed by atoms with van der Waals surface area (Å²) in [5, 5.41) is 12.5. The van der Waals surface area contributed by atoms with E-state index < -0.39 is 0 Å². The van der Waals surface area contributed by atoms with Crippen LogP contribution >= 0.6 is 0 Å². The lowest BCUT2D eigenvalue weighted by Crippen LogP contribution is -2.24. The maximum atomic E-state index is 13.3. The number of fused-ring (bicyclic) bond motifs is 1. The van der Waals surface area contributed by atoms with Gasteiger partial charge in [-0.15, -0.1) is 10.2 Å². The highest BCUT2D eigenvalue weighted by Crippen LogP contribution is 2.27. The number of benzene rings is 3. The van der Waals surface area contributed by atoms with Gasteiger partial charge in [0.2, 0.25) is 0 Å². The molecule has 0 unspecified atom stereocenters. The molecule has 0 saturated heterocycles. The minimum Gasteiger partial charge on any atom is -0.496 e. The highest BCUT2D eigenvalue weighted by molar-refractivity contribution is 6.10. The van der Waals surface area contributed by atoms with Gasteiger partial charge in [0.05, 0.1) is 18.2 Å². The van der Waals surface area contributed by atoms with E-state index >= 15 is 0 Å². The second kappa shape index (κ2) is 8.10. The van der Waals surface area contributed by atoms with Crippen LogP contribution in [0, 0.1) is 6.92 Å². The number of ether oxygens (including phenoxy) is 1. The van der Waals surface area contributed by atoms with Gasteiger partial charge < -0.3 is 10.1 Å². The van der Waals surface area contributed by atoms with Gasteiger partial charge in [0.1, 0.15) is 11.4 Å². The lowest BCUT2D eigenvalue weighted by molar-refractivity contribution is 0.0952. The van der Waals surface area contributed by atoms with E-state index in [2.05, 4.69) is 15.5 Å². The van der Waals surface area contributed by atoms with Gasteiger partial charge in [0.25, 0.3) is 5.91 Å². The van der Waals surface area contributed by atoms with Crippen molar-refractivity contribution in [2.75, 3.05) is 7.11 Å². The fraction of sp³-hybridized carbons (Fsp3) is 0.125. The lowest BCUT2D eigenvalue weighted by Gasteiger charge is -2.13. The van der Waals surface area contributed by atoms with Crippen LogP contribution in [0.4, 0.5) is 0 Å². The van der Waals surface area contributed by atoms with E-state index in [-0.39, 0.29) is 5.91 Å². The number of amides is 1. The molecule has 0 aliphatic rings. The third kappa shape index (κ3) is 3.80. The summed E-state index contributed by atoms with van der Waals surface area (Å²) in [4.78, 5) is 13.3. The second-order valence-corrected chi connectivity index (χ2v) is 6.80. The van der Waals surface area contributed by atoms with Crippen LogP contribution in [0.1, 0.15) is 21.5 Å². The zero-order valence-corrected chi connectivity index (χ0v) is 16.3. The van der Waals surface area contributed by atoms with Crippen molar-refractivity contribution in [3.63, 3.8) is 0 Å². The summed E-state index contributed by atoms with van der Waals surface area (Å²) in [5.74, 6) is 0.543. The van der Waals surface area contributed by atoms with Gasteiger partial charge in [-0.3, -0.25) is 4.79 Å². The molecule has 1 amide bonds. The molecule has 0 fully saturated rings. The van der Waals surface area contributed by atoms with Crippen LogP contribution in [0.2, 0.25) is 0 Å². The number of para-hydroxylation sites is 1. The number of rotatable bonds is 5. The Kier molecular flexibility index (Phi) is 5.20. The Bertz CT molecular complexity index is 1170. The first-order valence-corrected chi connectivity index (χ1v) is 9.40. The number of carbonyl (C=O) groups excluding carboxylic acids is 1. The van der Waals surface area contributed by atoms with E-state index in [4.69, 9.17) is 4.74 Å². The SMILES string of the molecule is COc1ccccc1CNC(=O)c1c(-c2ccc(C)cc2)nnc2ccccc12. The number of aryl methyl sites for hydroxylation is 1. The molecule has 4 rings (SSSR count). The van der Waals surface area contributed by atoms with Gasteiger partial charge in [-0.1, -0.05) is 66.2 Å². The fourth-order valence-electron chi connectivity index (χ4n) is 3.31. The molecule has 1 aromatic heterocycles. The van der Waals surface area contributed by atoms with Crippen molar-refractivity contribution < 1.29 is 9.53 Å². The first-order chi connectivity index (χ1) is 14.2. The molecule has 3 aromatic carbocycles. The number of hydrogen-bond acceptors (Lipinski definition) is 4. The minimum atomic E-state index is -0.197. The van der Waals surface area contributed by atoms with E-state index in [1.165, 1.54) is 0 Å². The molecule has 29 heavy (non-hydrogen) atoms. The number of nitrogens with one attached hydrogen (secondary N) is 1. The van der Waals surface area contributed by atoms with Crippen LogP contribution in [-0.2, 0) is 6.54 Å². The second-order valence-electron chi connectivity index (χ2n) is 6.80. The first-order valence-electron chi connectivity index (χ1n) is 9.40. The molecule has 4 aromatic rings. The van der Waals surface area contributed by atoms with E-state index in [0.717, 1.165) is 27.8 Å². The van der Waals surface area contributed by atoms with Gasteiger partial charge in [0.15, 0.2) is 0 Å². The van der Waals surface area contributed by atoms with E-state index in [9.17, 15) is 4.79 Å². The highest BCUT2D eigenvalue weighted by Gasteiger charge is 2.19. The zero-order valence-electron chi connectivity index (χ0n) is 16.3. The Balaban J connectivity index is 1.75. The number of nitrogens with zero attached hydrogens (tertiary/aromatic N) is 2. The molecule has 0 aliphatic carbocycles. The zero-order chi connectivity index (χ0) is 20.2. The Hall–Kier alpha value is -3.73. The van der Waals surface area contributed by atoms with Crippen molar-refractivity contribution in [3.05, 3.63) is 89.5 Å². The third-order valence-corrected chi connectivity index (χ3v) is 4.85. The molecule has 1 heterocycles. The topological polar surface area (TPSA) is 64.1 Å². The number of aromatic nitrogens is 2. The summed E-state index contributed by atoms with van der Waals surface area (Å²) >= 11 is 0. The van der Waals surface area contributed by atoms with Gasteiger partial charge in [-0.25, -0.2) is 0 Å². The van der Waals surface area contributed by atoms with Crippen LogP contribution in [0.25, 0.3) is 22.2 Å². The highest BCUT2D eigenvalue weighted by atomic mass is 16.5. The minimum absolute atomic E-state index is 0.197. The molecule has 144 valence electrons.